The molecule has 1 unspecified atom stereocenters. The summed E-state index contributed by atoms with van der Waals surface area (Å²) in [6.07, 6.45) is 4.26. The lowest BCUT2D eigenvalue weighted by atomic mass is 9.72. The van der Waals surface area contributed by atoms with Gasteiger partial charge in [-0.2, -0.15) is 0 Å². The molecule has 0 aliphatic heterocycles. The highest BCUT2D eigenvalue weighted by Gasteiger charge is 2.34. The second kappa shape index (κ2) is 16.2. The minimum absolute atomic E-state index is 0.0855. The van der Waals surface area contributed by atoms with Gasteiger partial charge in [0.1, 0.15) is 10.7 Å². The van der Waals surface area contributed by atoms with Gasteiger partial charge in [0.2, 0.25) is 5.91 Å². The Bertz CT molecular complexity index is 1850. The molecular weight excluding hydrogens is 655 g/mol. The first-order valence-electron chi connectivity index (χ1n) is 16.3. The number of fused-ring (bicyclic) bond motifs is 1. The van der Waals surface area contributed by atoms with Crippen LogP contribution in [0.2, 0.25) is 0 Å². The number of anilines is 2. The van der Waals surface area contributed by atoms with E-state index in [0.717, 1.165) is 40.2 Å². The molecule has 0 radical (unpaired) electrons. The monoisotopic (exact) mass is 695 g/mol. The summed E-state index contributed by atoms with van der Waals surface area (Å²) in [5.41, 5.74) is 3.40. The molecule has 0 spiro atoms. The van der Waals surface area contributed by atoms with Gasteiger partial charge in [0.25, 0.3) is 11.8 Å². The van der Waals surface area contributed by atoms with Crippen LogP contribution in [-0.2, 0) is 27.2 Å². The Morgan fingerprint density at radius 1 is 0.939 bits per heavy atom. The summed E-state index contributed by atoms with van der Waals surface area (Å²) in [5, 5.41) is 9.15. The first-order chi connectivity index (χ1) is 23.5. The van der Waals surface area contributed by atoms with Crippen molar-refractivity contribution >= 4 is 63.6 Å². The molecule has 5 rings (SSSR count). The van der Waals surface area contributed by atoms with E-state index in [2.05, 4.69) is 36.7 Å². The van der Waals surface area contributed by atoms with Gasteiger partial charge in [0.15, 0.2) is 0 Å². The van der Waals surface area contributed by atoms with E-state index in [4.69, 9.17) is 4.74 Å². The van der Waals surface area contributed by atoms with Gasteiger partial charge in [-0.1, -0.05) is 75.4 Å². The Kier molecular flexibility index (Phi) is 11.7. The van der Waals surface area contributed by atoms with Crippen LogP contribution in [0.3, 0.4) is 0 Å². The van der Waals surface area contributed by atoms with E-state index in [1.54, 1.807) is 55.5 Å². The van der Waals surface area contributed by atoms with Crippen molar-refractivity contribution in [3.8, 4) is 0 Å². The third-order valence-electron chi connectivity index (χ3n) is 8.32. The summed E-state index contributed by atoms with van der Waals surface area (Å²) >= 11 is 2.79. The van der Waals surface area contributed by atoms with E-state index in [1.165, 1.54) is 23.1 Å². The lowest BCUT2D eigenvalue weighted by Crippen LogP contribution is -2.30. The number of thiophene rings is 1. The number of rotatable bonds is 11. The smallest absolute Gasteiger partial charge is 0.341 e. The second-order valence-electron chi connectivity index (χ2n) is 12.8. The summed E-state index contributed by atoms with van der Waals surface area (Å²) in [6, 6.07) is 25.1. The number of hydrogen-bond donors (Lipinski definition) is 3. The highest BCUT2D eigenvalue weighted by Crippen LogP contribution is 2.44. The van der Waals surface area contributed by atoms with Crippen molar-refractivity contribution in [2.24, 2.45) is 11.3 Å². The van der Waals surface area contributed by atoms with E-state index >= 15 is 0 Å². The molecular formula is C39H41N3O5S2. The zero-order chi connectivity index (χ0) is 35.0. The number of esters is 1. The molecule has 254 valence electrons. The molecule has 3 aromatic carbocycles. The fraction of sp³-hybridized carbons (Fsp3) is 0.282. The van der Waals surface area contributed by atoms with E-state index in [0.29, 0.717) is 27.7 Å². The number of benzene rings is 3. The van der Waals surface area contributed by atoms with Crippen LogP contribution in [0.5, 0.6) is 0 Å². The summed E-state index contributed by atoms with van der Waals surface area (Å²) in [5.74, 6) is -0.951. The van der Waals surface area contributed by atoms with Gasteiger partial charge in [-0.15, -0.1) is 23.1 Å². The van der Waals surface area contributed by atoms with Gasteiger partial charge < -0.3 is 20.7 Å². The number of thioether (sulfide) groups is 1. The molecule has 3 amide bonds. The average molecular weight is 696 g/mol. The maximum absolute atomic E-state index is 13.5. The highest BCUT2D eigenvalue weighted by atomic mass is 32.2. The predicted molar refractivity (Wildman–Crippen MR) is 198 cm³/mol. The molecule has 3 N–H and O–H groups in total. The molecule has 1 aliphatic rings. The molecule has 0 fully saturated rings. The first-order valence-corrected chi connectivity index (χ1v) is 18.1. The molecule has 0 saturated carbocycles. The van der Waals surface area contributed by atoms with Gasteiger partial charge in [-0.05, 0) is 85.1 Å². The molecule has 0 saturated heterocycles. The second-order valence-corrected chi connectivity index (χ2v) is 15.0. The standard InChI is InChI=1S/C39H41N3O5S2/c1-5-47-38(46)34-30-20-19-27(39(2,3)4)22-32(30)49-37(34)42-33(43)24-48-29-18-12-17-28(23-29)40-36(45)31(21-25-13-8-6-9-14-25)41-35(44)26-15-10-7-11-16-26/h6-18,21,23,27H,5,19-20,22,24H2,1-4H3,(H,40,45)(H,41,44)(H,42,43)/b31-21-. The van der Waals surface area contributed by atoms with Crippen molar-refractivity contribution < 1.29 is 23.9 Å². The average Bonchev–Trinajstić information content (AvgIpc) is 3.45. The van der Waals surface area contributed by atoms with Crippen LogP contribution in [0.4, 0.5) is 10.7 Å². The van der Waals surface area contributed by atoms with Crippen LogP contribution < -0.4 is 16.0 Å². The van der Waals surface area contributed by atoms with Crippen LogP contribution in [0.1, 0.15) is 70.8 Å². The summed E-state index contributed by atoms with van der Waals surface area (Å²) < 4.78 is 5.39. The number of hydrogen-bond acceptors (Lipinski definition) is 7. The first kappa shape index (κ1) is 35.6. The molecule has 0 bridgehead atoms. The minimum atomic E-state index is -0.491. The third kappa shape index (κ3) is 9.49. The number of nitrogens with one attached hydrogen (secondary N) is 3. The van der Waals surface area contributed by atoms with E-state index in [-0.39, 0.29) is 29.4 Å². The number of amides is 3. The van der Waals surface area contributed by atoms with E-state index < -0.39 is 17.8 Å². The van der Waals surface area contributed by atoms with Gasteiger partial charge in [0, 0.05) is 21.0 Å². The van der Waals surface area contributed by atoms with Gasteiger partial charge >= 0.3 is 5.97 Å². The predicted octanol–water partition coefficient (Wildman–Crippen LogP) is 8.22. The molecule has 49 heavy (non-hydrogen) atoms. The molecule has 10 heteroatoms. The molecule has 1 atom stereocenters. The van der Waals surface area contributed by atoms with Crippen LogP contribution >= 0.6 is 23.1 Å². The largest absolute Gasteiger partial charge is 0.462 e. The van der Waals surface area contributed by atoms with Crippen molar-refractivity contribution in [1.82, 2.24) is 5.32 Å². The Hall–Kier alpha value is -4.67. The molecule has 8 nitrogen and oxygen atoms in total. The van der Waals surface area contributed by atoms with Gasteiger partial charge in [-0.25, -0.2) is 4.79 Å². The van der Waals surface area contributed by atoms with Gasteiger partial charge in [0.05, 0.1) is 17.9 Å². The SMILES string of the molecule is CCOC(=O)c1c(NC(=O)CSc2cccc(NC(=O)/C(=C/c3ccccc3)NC(=O)c3ccccc3)c2)sc2c1CCC(C(C)(C)C)C2. The molecule has 1 aromatic heterocycles. The van der Waals surface area contributed by atoms with Crippen LogP contribution in [0.15, 0.2) is 95.5 Å². The Labute approximate surface area is 295 Å². The maximum Gasteiger partial charge on any atom is 0.341 e. The fourth-order valence-electron chi connectivity index (χ4n) is 5.66. The lowest BCUT2D eigenvalue weighted by molar-refractivity contribution is -0.114. The van der Waals surface area contributed by atoms with Crippen molar-refractivity contribution in [2.45, 2.75) is 51.9 Å². The van der Waals surface area contributed by atoms with Crippen molar-refractivity contribution in [3.05, 3.63) is 118 Å². The van der Waals surface area contributed by atoms with Crippen LogP contribution in [-0.4, -0.2) is 36.1 Å². The van der Waals surface area contributed by atoms with Crippen molar-refractivity contribution in [1.29, 1.82) is 0 Å². The summed E-state index contributed by atoms with van der Waals surface area (Å²) in [6.45, 7) is 8.76. The quantitative estimate of drug-likeness (QED) is 0.0828. The topological polar surface area (TPSA) is 114 Å². The Morgan fingerprint density at radius 2 is 1.65 bits per heavy atom. The van der Waals surface area contributed by atoms with Gasteiger partial charge in [-0.3, -0.25) is 14.4 Å². The zero-order valence-corrected chi connectivity index (χ0v) is 29.8. The normalized spacial score (nSPS) is 14.4. The fourth-order valence-corrected chi connectivity index (χ4v) is 7.75. The number of carbonyl (C=O) groups is 4. The van der Waals surface area contributed by atoms with Crippen molar-refractivity contribution in [2.75, 3.05) is 23.0 Å². The number of carbonyl (C=O) groups excluding carboxylic acids is 4. The van der Waals surface area contributed by atoms with Crippen LogP contribution in [0, 0.1) is 11.3 Å². The van der Waals surface area contributed by atoms with Crippen LogP contribution in [0.25, 0.3) is 6.08 Å². The summed E-state index contributed by atoms with van der Waals surface area (Å²) in [4.78, 5) is 54.5. The highest BCUT2D eigenvalue weighted by molar-refractivity contribution is 8.00. The number of ether oxygens (including phenoxy) is 1. The Balaban J connectivity index is 1.26. The maximum atomic E-state index is 13.5. The molecule has 4 aromatic rings. The van der Waals surface area contributed by atoms with E-state index in [1.807, 2.05) is 42.5 Å². The summed E-state index contributed by atoms with van der Waals surface area (Å²) in [7, 11) is 0. The van der Waals surface area contributed by atoms with Crippen molar-refractivity contribution in [3.63, 3.8) is 0 Å². The molecule has 1 aliphatic carbocycles. The zero-order valence-electron chi connectivity index (χ0n) is 28.1. The van der Waals surface area contributed by atoms with E-state index in [9.17, 15) is 19.2 Å². The molecule has 1 heterocycles. The third-order valence-corrected chi connectivity index (χ3v) is 10.5. The minimum Gasteiger partial charge on any atom is -0.462 e. The lowest BCUT2D eigenvalue weighted by Gasteiger charge is -2.33. The Morgan fingerprint density at radius 3 is 2.35 bits per heavy atom.